The van der Waals surface area contributed by atoms with Crippen LogP contribution in [0.3, 0.4) is 0 Å². The van der Waals surface area contributed by atoms with Crippen LogP contribution in [-0.4, -0.2) is 61.4 Å². The maximum absolute atomic E-state index is 12.7. The highest BCUT2D eigenvalue weighted by Gasteiger charge is 2.34. The van der Waals surface area contributed by atoms with E-state index in [4.69, 9.17) is 11.6 Å². The minimum Gasteiger partial charge on any atom is -0.347 e. The predicted molar refractivity (Wildman–Crippen MR) is 85.5 cm³/mol. The van der Waals surface area contributed by atoms with Crippen molar-refractivity contribution in [1.29, 1.82) is 0 Å². The Hall–Kier alpha value is -1.11. The molecule has 0 bridgehead atoms. The topological polar surface area (TPSA) is 52.7 Å². The number of carbonyl (C=O) groups excluding carboxylic acids is 2. The van der Waals surface area contributed by atoms with E-state index in [0.29, 0.717) is 34.7 Å². The van der Waals surface area contributed by atoms with E-state index in [9.17, 15) is 9.59 Å². The van der Waals surface area contributed by atoms with E-state index in [0.717, 1.165) is 0 Å². The van der Waals surface area contributed by atoms with Crippen LogP contribution in [0.2, 0.25) is 5.02 Å². The van der Waals surface area contributed by atoms with Gasteiger partial charge in [0.1, 0.15) is 6.04 Å². The molecular formula is C14H17BrClN3O2. The third-order valence-electron chi connectivity index (χ3n) is 3.39. The molecule has 5 nitrogen and oxygen atoms in total. The zero-order valence-corrected chi connectivity index (χ0v) is 14.2. The minimum absolute atomic E-state index is 0.0827. The Kier molecular flexibility index (Phi) is 5.24. The van der Waals surface area contributed by atoms with Crippen molar-refractivity contribution >= 4 is 39.3 Å². The number of nitrogens with one attached hydrogen (secondary N) is 1. The summed E-state index contributed by atoms with van der Waals surface area (Å²) in [7, 11) is 3.38. The summed E-state index contributed by atoms with van der Waals surface area (Å²) in [5, 5.41) is 3.71. The fourth-order valence-electron chi connectivity index (χ4n) is 2.28. The van der Waals surface area contributed by atoms with Crippen molar-refractivity contribution in [3.05, 3.63) is 33.3 Å². The zero-order valence-electron chi connectivity index (χ0n) is 11.9. The molecular weight excluding hydrogens is 358 g/mol. The van der Waals surface area contributed by atoms with E-state index in [1.54, 1.807) is 37.2 Å². The first-order valence-corrected chi connectivity index (χ1v) is 7.77. The van der Waals surface area contributed by atoms with Crippen molar-refractivity contribution in [3.8, 4) is 0 Å². The first-order valence-electron chi connectivity index (χ1n) is 6.59. The van der Waals surface area contributed by atoms with Gasteiger partial charge in [0.2, 0.25) is 5.91 Å². The molecule has 0 aliphatic carbocycles. The fourth-order valence-corrected chi connectivity index (χ4v) is 3.14. The quantitative estimate of drug-likeness (QED) is 0.855. The minimum atomic E-state index is -0.483. The van der Waals surface area contributed by atoms with Crippen LogP contribution in [0.4, 0.5) is 0 Å². The Morgan fingerprint density at radius 2 is 2.14 bits per heavy atom. The SMILES string of the molecule is CN(C)C(=O)C1CNCCN1C(=O)c1ccc(Cl)cc1Br. The van der Waals surface area contributed by atoms with E-state index in [1.165, 1.54) is 4.90 Å². The van der Waals surface area contributed by atoms with Crippen LogP contribution >= 0.6 is 27.5 Å². The first-order chi connectivity index (χ1) is 9.91. The molecule has 1 aromatic carbocycles. The number of carbonyl (C=O) groups is 2. The zero-order chi connectivity index (χ0) is 15.6. The second-order valence-electron chi connectivity index (χ2n) is 5.08. The lowest BCUT2D eigenvalue weighted by atomic mass is 10.1. The fraction of sp³-hybridized carbons (Fsp3) is 0.429. The van der Waals surface area contributed by atoms with Crippen molar-refractivity contribution in [2.75, 3.05) is 33.7 Å². The Labute approximate surface area is 137 Å². The van der Waals surface area contributed by atoms with Gasteiger partial charge in [-0.1, -0.05) is 11.6 Å². The molecule has 2 rings (SSSR count). The third-order valence-corrected chi connectivity index (χ3v) is 4.28. The molecule has 1 atom stereocenters. The van der Waals surface area contributed by atoms with Gasteiger partial charge in [0, 0.05) is 43.2 Å². The van der Waals surface area contributed by atoms with Gasteiger partial charge in [-0.25, -0.2) is 0 Å². The number of piperazine rings is 1. The normalized spacial score (nSPS) is 18.5. The van der Waals surface area contributed by atoms with Gasteiger partial charge < -0.3 is 15.1 Å². The maximum Gasteiger partial charge on any atom is 0.255 e. The highest BCUT2D eigenvalue weighted by molar-refractivity contribution is 9.10. The van der Waals surface area contributed by atoms with Crippen LogP contribution in [0.25, 0.3) is 0 Å². The summed E-state index contributed by atoms with van der Waals surface area (Å²) >= 11 is 9.26. The molecule has 1 aliphatic rings. The molecule has 0 spiro atoms. The number of halogens is 2. The number of hydrogen-bond acceptors (Lipinski definition) is 3. The number of rotatable bonds is 2. The van der Waals surface area contributed by atoms with Crippen LogP contribution < -0.4 is 5.32 Å². The van der Waals surface area contributed by atoms with E-state index in [2.05, 4.69) is 21.2 Å². The lowest BCUT2D eigenvalue weighted by molar-refractivity contribution is -0.134. The van der Waals surface area contributed by atoms with Crippen LogP contribution in [0.5, 0.6) is 0 Å². The van der Waals surface area contributed by atoms with E-state index < -0.39 is 6.04 Å². The van der Waals surface area contributed by atoms with Gasteiger partial charge in [-0.15, -0.1) is 0 Å². The molecule has 1 heterocycles. The molecule has 0 saturated carbocycles. The molecule has 1 saturated heterocycles. The molecule has 21 heavy (non-hydrogen) atoms. The van der Waals surface area contributed by atoms with E-state index >= 15 is 0 Å². The highest BCUT2D eigenvalue weighted by Crippen LogP contribution is 2.24. The van der Waals surface area contributed by atoms with Crippen LogP contribution in [0.1, 0.15) is 10.4 Å². The van der Waals surface area contributed by atoms with Crippen molar-refractivity contribution in [1.82, 2.24) is 15.1 Å². The number of nitrogens with zero attached hydrogens (tertiary/aromatic N) is 2. The third kappa shape index (κ3) is 3.56. The second kappa shape index (κ2) is 6.77. The Bertz CT molecular complexity index is 565. The number of hydrogen-bond donors (Lipinski definition) is 1. The van der Waals surface area contributed by atoms with Gasteiger partial charge in [-0.3, -0.25) is 9.59 Å². The predicted octanol–water partition coefficient (Wildman–Crippen LogP) is 1.60. The number of amides is 2. The molecule has 1 N–H and O–H groups in total. The van der Waals surface area contributed by atoms with Gasteiger partial charge in [0.25, 0.3) is 5.91 Å². The second-order valence-corrected chi connectivity index (χ2v) is 6.37. The van der Waals surface area contributed by atoms with E-state index in [1.807, 2.05) is 0 Å². The van der Waals surface area contributed by atoms with Gasteiger partial charge in [-0.2, -0.15) is 0 Å². The highest BCUT2D eigenvalue weighted by atomic mass is 79.9. The van der Waals surface area contributed by atoms with Crippen LogP contribution in [0, 0.1) is 0 Å². The number of benzene rings is 1. The summed E-state index contributed by atoms with van der Waals surface area (Å²) in [6, 6.07) is 4.54. The van der Waals surface area contributed by atoms with Crippen LogP contribution in [-0.2, 0) is 4.79 Å². The molecule has 114 valence electrons. The lowest BCUT2D eigenvalue weighted by Gasteiger charge is -2.36. The monoisotopic (exact) mass is 373 g/mol. The largest absolute Gasteiger partial charge is 0.347 e. The summed E-state index contributed by atoms with van der Waals surface area (Å²) in [5.74, 6) is -0.249. The molecule has 7 heteroatoms. The van der Waals surface area contributed by atoms with Gasteiger partial charge >= 0.3 is 0 Å². The van der Waals surface area contributed by atoms with E-state index in [-0.39, 0.29) is 11.8 Å². The van der Waals surface area contributed by atoms with Crippen molar-refractivity contribution in [2.45, 2.75) is 6.04 Å². The summed E-state index contributed by atoms with van der Waals surface area (Å²) in [6.07, 6.45) is 0. The molecule has 1 aliphatic heterocycles. The van der Waals surface area contributed by atoms with Crippen molar-refractivity contribution in [3.63, 3.8) is 0 Å². The van der Waals surface area contributed by atoms with Gasteiger partial charge in [0.15, 0.2) is 0 Å². The molecule has 1 fully saturated rings. The van der Waals surface area contributed by atoms with Crippen molar-refractivity contribution < 1.29 is 9.59 Å². The van der Waals surface area contributed by atoms with Gasteiger partial charge in [0.05, 0.1) is 5.56 Å². The average Bonchev–Trinajstić information content (AvgIpc) is 2.45. The standard InChI is InChI=1S/C14H17BrClN3O2/c1-18(2)14(21)12-8-17-5-6-19(12)13(20)10-4-3-9(16)7-11(10)15/h3-4,7,12,17H,5-6,8H2,1-2H3. The Balaban J connectivity index is 2.28. The van der Waals surface area contributed by atoms with Crippen molar-refractivity contribution in [2.24, 2.45) is 0 Å². The molecule has 1 unspecified atom stereocenters. The molecule has 0 radical (unpaired) electrons. The first kappa shape index (κ1) is 16.3. The molecule has 1 aromatic rings. The maximum atomic E-state index is 12.7. The van der Waals surface area contributed by atoms with Crippen LogP contribution in [0.15, 0.2) is 22.7 Å². The summed E-state index contributed by atoms with van der Waals surface area (Å²) in [6.45, 7) is 1.64. The molecule has 2 amide bonds. The van der Waals surface area contributed by atoms with Gasteiger partial charge in [-0.05, 0) is 34.1 Å². The molecule has 0 aromatic heterocycles. The average molecular weight is 375 g/mol. The number of likely N-dealkylation sites (N-methyl/N-ethyl adjacent to an activating group) is 1. The summed E-state index contributed by atoms with van der Waals surface area (Å²) in [5.41, 5.74) is 0.512. The lowest BCUT2D eigenvalue weighted by Crippen LogP contribution is -2.59. The summed E-state index contributed by atoms with van der Waals surface area (Å²) in [4.78, 5) is 28.1. The summed E-state index contributed by atoms with van der Waals surface area (Å²) < 4.78 is 0.634. The Morgan fingerprint density at radius 1 is 1.43 bits per heavy atom. The smallest absolute Gasteiger partial charge is 0.255 e. The Morgan fingerprint density at radius 3 is 2.76 bits per heavy atom.